The Hall–Kier alpha value is -2.11. The SMILES string of the molecule is CCC(N)C1c2cc(OC)c(OC)cc2CCN1Cc1cccc(F)c1. The van der Waals surface area contributed by atoms with Crippen molar-refractivity contribution >= 4 is 0 Å². The summed E-state index contributed by atoms with van der Waals surface area (Å²) in [5, 5.41) is 0. The van der Waals surface area contributed by atoms with Gasteiger partial charge >= 0.3 is 0 Å². The summed E-state index contributed by atoms with van der Waals surface area (Å²) in [6.07, 6.45) is 1.76. The highest BCUT2D eigenvalue weighted by Gasteiger charge is 2.32. The summed E-state index contributed by atoms with van der Waals surface area (Å²) in [7, 11) is 3.30. The Balaban J connectivity index is 1.98. The van der Waals surface area contributed by atoms with E-state index in [9.17, 15) is 4.39 Å². The zero-order valence-electron chi connectivity index (χ0n) is 15.7. The lowest BCUT2D eigenvalue weighted by atomic mass is 9.86. The maximum atomic E-state index is 13.6. The molecule has 3 rings (SSSR count). The molecule has 140 valence electrons. The van der Waals surface area contributed by atoms with Crippen LogP contribution in [-0.4, -0.2) is 31.7 Å². The summed E-state index contributed by atoms with van der Waals surface area (Å²) < 4.78 is 24.5. The molecule has 1 aliphatic heterocycles. The van der Waals surface area contributed by atoms with Crippen LogP contribution in [0, 0.1) is 5.82 Å². The number of halogens is 1. The maximum Gasteiger partial charge on any atom is 0.161 e. The summed E-state index contributed by atoms with van der Waals surface area (Å²) in [5.41, 5.74) is 9.89. The zero-order valence-corrected chi connectivity index (χ0v) is 15.7. The van der Waals surface area contributed by atoms with Crippen molar-refractivity contribution in [1.82, 2.24) is 4.90 Å². The second-order valence-electron chi connectivity index (χ2n) is 6.77. The molecule has 1 aliphatic rings. The Morgan fingerprint density at radius 3 is 2.58 bits per heavy atom. The van der Waals surface area contributed by atoms with E-state index in [0.717, 1.165) is 30.7 Å². The first-order valence-corrected chi connectivity index (χ1v) is 9.06. The number of ether oxygens (including phenoxy) is 2. The molecule has 0 spiro atoms. The molecule has 2 atom stereocenters. The predicted octanol–water partition coefficient (Wildman–Crippen LogP) is 3.68. The normalized spacial score (nSPS) is 18.3. The van der Waals surface area contributed by atoms with Crippen molar-refractivity contribution in [2.75, 3.05) is 20.8 Å². The number of nitrogens with zero attached hydrogens (tertiary/aromatic N) is 1. The van der Waals surface area contributed by atoms with E-state index in [4.69, 9.17) is 15.2 Å². The van der Waals surface area contributed by atoms with Crippen LogP contribution in [0.3, 0.4) is 0 Å². The first-order valence-electron chi connectivity index (χ1n) is 9.06. The summed E-state index contributed by atoms with van der Waals surface area (Å²) in [5.74, 6) is 1.25. The molecule has 1 heterocycles. The fraction of sp³-hybridized carbons (Fsp3) is 0.429. The fourth-order valence-corrected chi connectivity index (χ4v) is 3.80. The molecule has 4 nitrogen and oxygen atoms in total. The van der Waals surface area contributed by atoms with Crippen molar-refractivity contribution in [2.45, 2.75) is 38.4 Å². The molecule has 0 fully saturated rings. The fourth-order valence-electron chi connectivity index (χ4n) is 3.80. The van der Waals surface area contributed by atoms with Crippen molar-refractivity contribution in [3.8, 4) is 11.5 Å². The standard InChI is InChI=1S/C21H27FN2O2/c1-4-18(23)21-17-12-20(26-3)19(25-2)11-15(17)8-9-24(21)13-14-6-5-7-16(22)10-14/h5-7,10-12,18,21H,4,8-9,13,23H2,1-3H3. The molecule has 0 radical (unpaired) electrons. The molecular formula is C21H27FN2O2. The van der Waals surface area contributed by atoms with Crippen LogP contribution in [-0.2, 0) is 13.0 Å². The van der Waals surface area contributed by atoms with Gasteiger partial charge in [0, 0.05) is 19.1 Å². The number of hydrogen-bond donors (Lipinski definition) is 1. The van der Waals surface area contributed by atoms with Crippen molar-refractivity contribution in [3.05, 3.63) is 58.9 Å². The van der Waals surface area contributed by atoms with Crippen molar-refractivity contribution < 1.29 is 13.9 Å². The number of hydrogen-bond acceptors (Lipinski definition) is 4. The van der Waals surface area contributed by atoms with E-state index in [1.165, 1.54) is 17.2 Å². The third-order valence-electron chi connectivity index (χ3n) is 5.18. The van der Waals surface area contributed by atoms with E-state index < -0.39 is 0 Å². The van der Waals surface area contributed by atoms with Gasteiger partial charge < -0.3 is 15.2 Å². The molecule has 2 aromatic carbocycles. The number of benzene rings is 2. The van der Waals surface area contributed by atoms with Crippen LogP contribution in [0.5, 0.6) is 11.5 Å². The van der Waals surface area contributed by atoms with Crippen LogP contribution in [0.2, 0.25) is 0 Å². The largest absolute Gasteiger partial charge is 0.493 e. The van der Waals surface area contributed by atoms with Gasteiger partial charge in [-0.05, 0) is 53.8 Å². The molecule has 0 saturated heterocycles. The molecule has 2 N–H and O–H groups in total. The molecule has 2 aromatic rings. The minimum Gasteiger partial charge on any atom is -0.493 e. The third kappa shape index (κ3) is 3.69. The Kier molecular flexibility index (Phi) is 5.79. The van der Waals surface area contributed by atoms with Gasteiger partial charge in [-0.15, -0.1) is 0 Å². The second-order valence-corrected chi connectivity index (χ2v) is 6.77. The average Bonchev–Trinajstić information content (AvgIpc) is 2.66. The van der Waals surface area contributed by atoms with Gasteiger partial charge in [0.25, 0.3) is 0 Å². The topological polar surface area (TPSA) is 47.7 Å². The Bertz CT molecular complexity index is 766. The van der Waals surface area contributed by atoms with E-state index >= 15 is 0 Å². The van der Waals surface area contributed by atoms with Crippen LogP contribution in [0.15, 0.2) is 36.4 Å². The lowest BCUT2D eigenvalue weighted by molar-refractivity contribution is 0.148. The predicted molar refractivity (Wildman–Crippen MR) is 101 cm³/mol. The van der Waals surface area contributed by atoms with Crippen LogP contribution in [0.25, 0.3) is 0 Å². The molecule has 0 aliphatic carbocycles. The first-order chi connectivity index (χ1) is 12.6. The average molecular weight is 358 g/mol. The third-order valence-corrected chi connectivity index (χ3v) is 5.18. The van der Waals surface area contributed by atoms with Gasteiger partial charge in [0.05, 0.1) is 20.3 Å². The van der Waals surface area contributed by atoms with E-state index in [-0.39, 0.29) is 17.9 Å². The van der Waals surface area contributed by atoms with E-state index in [0.29, 0.717) is 12.3 Å². The molecule has 0 saturated carbocycles. The van der Waals surface area contributed by atoms with Gasteiger partial charge in [0.15, 0.2) is 11.5 Å². The Morgan fingerprint density at radius 1 is 1.19 bits per heavy atom. The molecule has 0 amide bonds. The summed E-state index contributed by atoms with van der Waals surface area (Å²) in [4.78, 5) is 2.34. The first kappa shape index (κ1) is 18.7. The van der Waals surface area contributed by atoms with Gasteiger partial charge in [-0.3, -0.25) is 4.90 Å². The van der Waals surface area contributed by atoms with Crippen molar-refractivity contribution in [3.63, 3.8) is 0 Å². The lowest BCUT2D eigenvalue weighted by Gasteiger charge is -2.40. The highest BCUT2D eigenvalue weighted by atomic mass is 19.1. The molecular weight excluding hydrogens is 331 g/mol. The van der Waals surface area contributed by atoms with E-state index in [1.54, 1.807) is 26.4 Å². The smallest absolute Gasteiger partial charge is 0.161 e. The van der Waals surface area contributed by atoms with Gasteiger partial charge in [-0.25, -0.2) is 4.39 Å². The quantitative estimate of drug-likeness (QED) is 0.856. The zero-order chi connectivity index (χ0) is 18.7. The summed E-state index contributed by atoms with van der Waals surface area (Å²) in [6.45, 7) is 3.64. The second kappa shape index (κ2) is 8.06. The van der Waals surface area contributed by atoms with Gasteiger partial charge in [0.1, 0.15) is 5.82 Å². The Morgan fingerprint density at radius 2 is 1.92 bits per heavy atom. The molecule has 26 heavy (non-hydrogen) atoms. The lowest BCUT2D eigenvalue weighted by Crippen LogP contribution is -2.44. The summed E-state index contributed by atoms with van der Waals surface area (Å²) >= 11 is 0. The van der Waals surface area contributed by atoms with Crippen LogP contribution in [0.1, 0.15) is 36.1 Å². The van der Waals surface area contributed by atoms with Crippen molar-refractivity contribution in [1.29, 1.82) is 0 Å². The maximum absolute atomic E-state index is 13.6. The number of rotatable bonds is 6. The number of fused-ring (bicyclic) bond motifs is 1. The van der Waals surface area contributed by atoms with Crippen LogP contribution < -0.4 is 15.2 Å². The van der Waals surface area contributed by atoms with Gasteiger partial charge in [-0.2, -0.15) is 0 Å². The van der Waals surface area contributed by atoms with Crippen LogP contribution >= 0.6 is 0 Å². The van der Waals surface area contributed by atoms with Crippen LogP contribution in [0.4, 0.5) is 4.39 Å². The van der Waals surface area contributed by atoms with E-state index in [1.807, 2.05) is 12.1 Å². The van der Waals surface area contributed by atoms with Crippen molar-refractivity contribution in [2.24, 2.45) is 5.73 Å². The monoisotopic (exact) mass is 358 g/mol. The highest BCUT2D eigenvalue weighted by molar-refractivity contribution is 5.50. The minimum atomic E-state index is -0.206. The summed E-state index contributed by atoms with van der Waals surface area (Å²) in [6, 6.07) is 10.9. The number of nitrogens with two attached hydrogens (primary N) is 1. The molecule has 5 heteroatoms. The molecule has 0 bridgehead atoms. The molecule has 0 aromatic heterocycles. The number of methoxy groups -OCH3 is 2. The van der Waals surface area contributed by atoms with E-state index in [2.05, 4.69) is 17.9 Å². The minimum absolute atomic E-state index is 0.0132. The molecule has 2 unspecified atom stereocenters. The Labute approximate surface area is 154 Å². The van der Waals surface area contributed by atoms with Gasteiger partial charge in [0.2, 0.25) is 0 Å². The van der Waals surface area contributed by atoms with Gasteiger partial charge in [-0.1, -0.05) is 19.1 Å². The highest BCUT2D eigenvalue weighted by Crippen LogP contribution is 2.40.